The van der Waals surface area contributed by atoms with E-state index < -0.39 is 0 Å². The second kappa shape index (κ2) is 10.3. The van der Waals surface area contributed by atoms with Crippen LogP contribution in [-0.4, -0.2) is 11.3 Å². The first-order valence-corrected chi connectivity index (χ1v) is 10.8. The number of thiophene rings is 1. The quantitative estimate of drug-likeness (QED) is 0.248. The molecule has 4 heteroatoms. The number of aryl methyl sites for hydroxylation is 2. The maximum atomic E-state index is 10.8. The number of aldehydes is 1. The number of nitrogens with zero attached hydrogens (tertiary/aromatic N) is 1. The van der Waals surface area contributed by atoms with E-state index in [4.69, 9.17) is 0 Å². The molecular weight excluding hydrogens is 489 g/mol. The number of rotatable bonds is 7. The van der Waals surface area contributed by atoms with E-state index in [-0.39, 0.29) is 24.0 Å². The Hall–Kier alpha value is -1.79. The lowest BCUT2D eigenvalue weighted by atomic mass is 9.89. The number of carbonyl (C=O) groups excluding carboxylic acids is 1. The van der Waals surface area contributed by atoms with Crippen molar-refractivity contribution in [2.24, 2.45) is 5.92 Å². The number of benzene rings is 1. The predicted octanol–water partition coefficient (Wildman–Crippen LogP) is 7.10. The van der Waals surface area contributed by atoms with Crippen molar-refractivity contribution in [3.63, 3.8) is 0 Å². The molecule has 0 radical (unpaired) electrons. The lowest BCUT2D eigenvalue weighted by molar-refractivity contribution is 0.112. The number of pyridine rings is 1. The molecule has 1 aliphatic rings. The van der Waals surface area contributed by atoms with Crippen LogP contribution in [0.2, 0.25) is 0 Å². The highest BCUT2D eigenvalue weighted by atomic mass is 127. The van der Waals surface area contributed by atoms with Crippen LogP contribution in [0.4, 0.5) is 0 Å². The van der Waals surface area contributed by atoms with Gasteiger partial charge in [0.1, 0.15) is 6.29 Å². The Bertz CT molecular complexity index is 1030. The van der Waals surface area contributed by atoms with Crippen LogP contribution in [0.15, 0.2) is 65.7 Å². The number of halogens is 1. The highest BCUT2D eigenvalue weighted by Gasteiger charge is 2.11. The lowest BCUT2D eigenvalue weighted by Crippen LogP contribution is -2.04. The van der Waals surface area contributed by atoms with Crippen LogP contribution < -0.4 is 0 Å². The zero-order chi connectivity index (χ0) is 19.3. The van der Waals surface area contributed by atoms with Gasteiger partial charge in [0.15, 0.2) is 0 Å². The highest BCUT2D eigenvalue weighted by molar-refractivity contribution is 14.0. The van der Waals surface area contributed by atoms with Crippen LogP contribution in [0.25, 0.3) is 10.1 Å². The Balaban J connectivity index is 0.00000240. The fraction of sp³-hybridized carbons (Fsp3) is 0.280. The normalized spacial score (nSPS) is 15.8. The van der Waals surface area contributed by atoms with Gasteiger partial charge in [-0.1, -0.05) is 48.1 Å². The molecule has 1 aliphatic carbocycles. The Morgan fingerprint density at radius 1 is 1.17 bits per heavy atom. The minimum absolute atomic E-state index is 0. The summed E-state index contributed by atoms with van der Waals surface area (Å²) in [5.41, 5.74) is 6.08. The summed E-state index contributed by atoms with van der Waals surface area (Å²) in [6.07, 6.45) is 15.3. The number of carbonyl (C=O) groups is 1. The lowest BCUT2D eigenvalue weighted by Gasteiger charge is -2.16. The van der Waals surface area contributed by atoms with Crippen LogP contribution in [-0.2, 0) is 12.8 Å². The molecule has 2 aromatic heterocycles. The van der Waals surface area contributed by atoms with E-state index in [2.05, 4.69) is 53.7 Å². The van der Waals surface area contributed by atoms with E-state index in [1.54, 1.807) is 0 Å². The number of hydrogen-bond acceptors (Lipinski definition) is 3. The van der Waals surface area contributed by atoms with Crippen molar-refractivity contribution in [3.05, 3.63) is 88.1 Å². The third kappa shape index (κ3) is 5.43. The van der Waals surface area contributed by atoms with Crippen molar-refractivity contribution >= 4 is 51.7 Å². The number of hydrogen-bond donors (Lipinski definition) is 0. The van der Waals surface area contributed by atoms with E-state index in [1.165, 1.54) is 32.5 Å². The van der Waals surface area contributed by atoms with Crippen molar-refractivity contribution in [1.82, 2.24) is 4.98 Å². The molecule has 150 valence electrons. The van der Waals surface area contributed by atoms with Crippen molar-refractivity contribution < 1.29 is 4.79 Å². The maximum Gasteiger partial charge on any atom is 0.150 e. The van der Waals surface area contributed by atoms with Gasteiger partial charge in [0.2, 0.25) is 0 Å². The van der Waals surface area contributed by atoms with Crippen molar-refractivity contribution in [3.8, 4) is 0 Å². The van der Waals surface area contributed by atoms with Gasteiger partial charge in [-0.25, -0.2) is 0 Å². The average Bonchev–Trinajstić information content (AvgIpc) is 3.12. The van der Waals surface area contributed by atoms with Crippen LogP contribution in [0.5, 0.6) is 0 Å². The summed E-state index contributed by atoms with van der Waals surface area (Å²) < 4.78 is 1.35. The minimum Gasteiger partial charge on any atom is -0.298 e. The Morgan fingerprint density at radius 3 is 2.72 bits per heavy atom. The summed E-state index contributed by atoms with van der Waals surface area (Å²) >= 11 is 1.81. The molecule has 2 heterocycles. The van der Waals surface area contributed by atoms with E-state index in [1.807, 2.05) is 29.7 Å². The second-order valence-corrected chi connectivity index (χ2v) is 8.51. The summed E-state index contributed by atoms with van der Waals surface area (Å²) in [5.74, 6) is 0.551. The molecule has 0 spiro atoms. The Labute approximate surface area is 193 Å². The standard InChI is InChI=1S/C25H25NOS.HI/c1-18-17-28-24-13-14-26-23(25(18)24)4-2-3-19-5-7-20(8-6-19)15-21-9-11-22(16-27)12-10-21;/h5-7,9-14,16-17,20H,2-4,8,15H2,1H3;1H. The molecule has 2 nitrogen and oxygen atoms in total. The van der Waals surface area contributed by atoms with E-state index >= 15 is 0 Å². The van der Waals surface area contributed by atoms with Crippen LogP contribution >= 0.6 is 35.3 Å². The fourth-order valence-electron chi connectivity index (χ4n) is 3.95. The van der Waals surface area contributed by atoms with E-state index in [9.17, 15) is 4.79 Å². The van der Waals surface area contributed by atoms with Gasteiger partial charge in [0.25, 0.3) is 0 Å². The zero-order valence-electron chi connectivity index (χ0n) is 16.6. The van der Waals surface area contributed by atoms with Crippen LogP contribution in [0.1, 0.15) is 46.4 Å². The molecule has 1 unspecified atom stereocenters. The molecule has 4 rings (SSSR count). The molecule has 0 aliphatic heterocycles. The number of aromatic nitrogens is 1. The number of allylic oxidation sites excluding steroid dienone is 4. The molecule has 3 aromatic rings. The van der Waals surface area contributed by atoms with Gasteiger partial charge in [0.05, 0.1) is 0 Å². The third-order valence-electron chi connectivity index (χ3n) is 5.51. The van der Waals surface area contributed by atoms with Gasteiger partial charge in [-0.15, -0.1) is 35.3 Å². The van der Waals surface area contributed by atoms with E-state index in [0.717, 1.165) is 44.0 Å². The topological polar surface area (TPSA) is 30.0 Å². The van der Waals surface area contributed by atoms with Crippen LogP contribution in [0, 0.1) is 12.8 Å². The number of fused-ring (bicyclic) bond motifs is 1. The molecule has 1 atom stereocenters. The molecular formula is C25H26INOS. The molecule has 1 aromatic carbocycles. The second-order valence-electron chi connectivity index (χ2n) is 7.60. The average molecular weight is 515 g/mol. The fourth-order valence-corrected chi connectivity index (χ4v) is 4.90. The van der Waals surface area contributed by atoms with Gasteiger partial charge in [-0.05, 0) is 67.5 Å². The summed E-state index contributed by atoms with van der Waals surface area (Å²) in [6.45, 7) is 2.18. The SMILES string of the molecule is Cc1csc2ccnc(CCCC3=CCC(Cc4ccc(C=O)cc4)C=C3)c12.I. The summed E-state index contributed by atoms with van der Waals surface area (Å²) in [6, 6.07) is 10.1. The first-order chi connectivity index (χ1) is 13.7. The van der Waals surface area contributed by atoms with Gasteiger partial charge < -0.3 is 0 Å². The van der Waals surface area contributed by atoms with E-state index in [0.29, 0.717) is 5.92 Å². The monoisotopic (exact) mass is 515 g/mol. The molecule has 0 amide bonds. The van der Waals surface area contributed by atoms with Crippen molar-refractivity contribution in [2.75, 3.05) is 0 Å². The Morgan fingerprint density at radius 2 is 2.00 bits per heavy atom. The third-order valence-corrected chi connectivity index (χ3v) is 6.57. The molecule has 0 bridgehead atoms. The molecule has 0 saturated heterocycles. The Kier molecular flexibility index (Phi) is 7.78. The largest absolute Gasteiger partial charge is 0.298 e. The maximum absolute atomic E-state index is 10.8. The molecule has 0 N–H and O–H groups in total. The summed E-state index contributed by atoms with van der Waals surface area (Å²) in [7, 11) is 0. The molecule has 0 fully saturated rings. The van der Waals surface area contributed by atoms with Crippen molar-refractivity contribution in [1.29, 1.82) is 0 Å². The first-order valence-electron chi connectivity index (χ1n) is 9.96. The van der Waals surface area contributed by atoms with Crippen molar-refractivity contribution in [2.45, 2.75) is 39.0 Å². The molecule has 29 heavy (non-hydrogen) atoms. The summed E-state index contributed by atoms with van der Waals surface area (Å²) in [4.78, 5) is 15.4. The molecule has 0 saturated carbocycles. The highest BCUT2D eigenvalue weighted by Crippen LogP contribution is 2.29. The zero-order valence-corrected chi connectivity index (χ0v) is 19.8. The van der Waals surface area contributed by atoms with Crippen LogP contribution in [0.3, 0.4) is 0 Å². The van der Waals surface area contributed by atoms with Gasteiger partial charge in [-0.3, -0.25) is 9.78 Å². The first kappa shape index (κ1) is 21.9. The predicted molar refractivity (Wildman–Crippen MR) is 134 cm³/mol. The minimum atomic E-state index is 0. The van der Waals surface area contributed by atoms with Gasteiger partial charge >= 0.3 is 0 Å². The smallest absolute Gasteiger partial charge is 0.150 e. The van der Waals surface area contributed by atoms with Gasteiger partial charge in [-0.2, -0.15) is 0 Å². The van der Waals surface area contributed by atoms with Gasteiger partial charge in [0, 0.05) is 27.5 Å². The summed E-state index contributed by atoms with van der Waals surface area (Å²) in [5, 5.41) is 3.59.